The molecule has 0 spiro atoms. The van der Waals surface area contributed by atoms with E-state index in [9.17, 15) is 4.79 Å². The van der Waals surface area contributed by atoms with Gasteiger partial charge in [0.25, 0.3) is 0 Å². The van der Waals surface area contributed by atoms with Crippen LogP contribution in [0.2, 0.25) is 18.1 Å². The van der Waals surface area contributed by atoms with Crippen LogP contribution in [0.3, 0.4) is 0 Å². The maximum absolute atomic E-state index is 11.8. The topological polar surface area (TPSA) is 73.3 Å². The molecule has 0 saturated heterocycles. The zero-order valence-corrected chi connectivity index (χ0v) is 20.7. The van der Waals surface area contributed by atoms with Crippen LogP contribution >= 0.6 is 11.3 Å². The number of aromatic nitrogens is 2. The SMILES string of the molecule is CC(O[Si](C)(C)C(C)(C)C)c1nnc(CC2CC(NC(=O)OC(C)(C)C)C2)s1. The Morgan fingerprint density at radius 3 is 2.36 bits per heavy atom. The second kappa shape index (κ2) is 8.40. The van der Waals surface area contributed by atoms with Crippen molar-refractivity contribution in [3.8, 4) is 0 Å². The summed E-state index contributed by atoms with van der Waals surface area (Å²) in [6, 6.07) is 0.202. The van der Waals surface area contributed by atoms with Gasteiger partial charge < -0.3 is 14.5 Å². The minimum atomic E-state index is -1.82. The van der Waals surface area contributed by atoms with E-state index in [1.54, 1.807) is 11.3 Å². The number of ether oxygens (including phenoxy) is 1. The molecule has 1 aliphatic rings. The predicted molar refractivity (Wildman–Crippen MR) is 116 cm³/mol. The van der Waals surface area contributed by atoms with Crippen molar-refractivity contribution in [3.63, 3.8) is 0 Å². The molecular weight excluding hydrogens is 390 g/mol. The monoisotopic (exact) mass is 427 g/mol. The van der Waals surface area contributed by atoms with E-state index in [-0.39, 0.29) is 23.3 Å². The summed E-state index contributed by atoms with van der Waals surface area (Å²) in [6.07, 6.45) is 2.49. The number of amides is 1. The number of hydrogen-bond acceptors (Lipinski definition) is 6. The van der Waals surface area contributed by atoms with Crippen molar-refractivity contribution in [2.45, 2.75) is 104 Å². The molecule has 1 aromatic rings. The highest BCUT2D eigenvalue weighted by Crippen LogP contribution is 2.40. The lowest BCUT2D eigenvalue weighted by molar-refractivity contribution is 0.0452. The van der Waals surface area contributed by atoms with Gasteiger partial charge in [0.1, 0.15) is 15.6 Å². The van der Waals surface area contributed by atoms with Crippen LogP contribution in [0.25, 0.3) is 0 Å². The van der Waals surface area contributed by atoms with Gasteiger partial charge in [-0.25, -0.2) is 4.79 Å². The fraction of sp³-hybridized carbons (Fsp3) is 0.850. The highest BCUT2D eigenvalue weighted by molar-refractivity contribution is 7.11. The standard InChI is InChI=1S/C20H37N3O3SSi/c1-13(26-28(8,9)20(5,6)7)17-23-22-16(27-17)12-14-10-15(11-14)21-18(24)25-19(2,3)4/h13-15H,10-12H2,1-9H3,(H,21,24). The molecule has 1 atom stereocenters. The molecule has 1 heterocycles. The van der Waals surface area contributed by atoms with Crippen LogP contribution in [0.15, 0.2) is 0 Å². The fourth-order valence-electron chi connectivity index (χ4n) is 2.92. The highest BCUT2D eigenvalue weighted by atomic mass is 32.1. The molecule has 0 radical (unpaired) electrons. The van der Waals surface area contributed by atoms with Crippen molar-refractivity contribution in [1.29, 1.82) is 0 Å². The molecule has 1 aromatic heterocycles. The van der Waals surface area contributed by atoms with Crippen LogP contribution in [0, 0.1) is 5.92 Å². The zero-order chi connectivity index (χ0) is 21.3. The van der Waals surface area contributed by atoms with Gasteiger partial charge in [-0.3, -0.25) is 0 Å². The van der Waals surface area contributed by atoms with Gasteiger partial charge >= 0.3 is 6.09 Å². The summed E-state index contributed by atoms with van der Waals surface area (Å²) in [7, 11) is -1.82. The van der Waals surface area contributed by atoms with E-state index in [2.05, 4.69) is 56.3 Å². The molecule has 1 fully saturated rings. The summed E-state index contributed by atoms with van der Waals surface area (Å²) in [5, 5.41) is 13.9. The van der Waals surface area contributed by atoms with Gasteiger partial charge in [0.05, 0.1) is 6.10 Å². The third kappa shape index (κ3) is 6.52. The Bertz CT molecular complexity index is 673. The van der Waals surface area contributed by atoms with Crippen molar-refractivity contribution >= 4 is 25.7 Å². The number of carbonyl (C=O) groups excluding carboxylic acids is 1. The van der Waals surface area contributed by atoms with Crippen LogP contribution in [0.1, 0.15) is 77.4 Å². The lowest BCUT2D eigenvalue weighted by atomic mass is 9.78. The number of alkyl carbamates (subject to hydrolysis) is 1. The van der Waals surface area contributed by atoms with Crippen LogP contribution in [0.5, 0.6) is 0 Å². The molecule has 160 valence electrons. The van der Waals surface area contributed by atoms with E-state index in [4.69, 9.17) is 9.16 Å². The van der Waals surface area contributed by atoms with Crippen LogP contribution in [-0.4, -0.2) is 36.3 Å². The van der Waals surface area contributed by atoms with Gasteiger partial charge in [0.2, 0.25) is 0 Å². The number of nitrogens with one attached hydrogen (secondary N) is 1. The molecule has 8 heteroatoms. The molecule has 0 aliphatic heterocycles. The molecule has 1 saturated carbocycles. The van der Waals surface area contributed by atoms with Crippen LogP contribution in [0.4, 0.5) is 4.79 Å². The summed E-state index contributed by atoms with van der Waals surface area (Å²) in [5.74, 6) is 0.539. The summed E-state index contributed by atoms with van der Waals surface area (Å²) < 4.78 is 11.7. The maximum Gasteiger partial charge on any atom is 0.407 e. The largest absolute Gasteiger partial charge is 0.444 e. The molecule has 1 unspecified atom stereocenters. The van der Waals surface area contributed by atoms with Gasteiger partial charge in [0, 0.05) is 12.5 Å². The predicted octanol–water partition coefficient (Wildman–Crippen LogP) is 5.47. The first kappa shape index (κ1) is 23.3. The Morgan fingerprint density at radius 2 is 1.82 bits per heavy atom. The number of rotatable bonds is 6. The molecule has 6 nitrogen and oxygen atoms in total. The van der Waals surface area contributed by atoms with Gasteiger partial charge in [-0.1, -0.05) is 32.1 Å². The Morgan fingerprint density at radius 1 is 1.21 bits per heavy atom. The molecule has 1 N–H and O–H groups in total. The van der Waals surface area contributed by atoms with Crippen molar-refractivity contribution in [3.05, 3.63) is 10.0 Å². The molecule has 2 rings (SSSR count). The number of nitrogens with zero attached hydrogens (tertiary/aromatic N) is 2. The third-order valence-electron chi connectivity index (χ3n) is 5.53. The second-order valence-electron chi connectivity index (χ2n) is 10.4. The number of carbonyl (C=O) groups is 1. The average molecular weight is 428 g/mol. The Hall–Kier alpha value is -0.993. The molecule has 0 bridgehead atoms. The minimum absolute atomic E-state index is 0.0184. The molecule has 0 aromatic carbocycles. The molecule has 1 aliphatic carbocycles. The van der Waals surface area contributed by atoms with E-state index in [1.807, 2.05) is 20.8 Å². The quantitative estimate of drug-likeness (QED) is 0.610. The van der Waals surface area contributed by atoms with Crippen molar-refractivity contribution in [2.75, 3.05) is 0 Å². The van der Waals surface area contributed by atoms with Crippen molar-refractivity contribution in [1.82, 2.24) is 15.5 Å². The Balaban J connectivity index is 1.79. The van der Waals surface area contributed by atoms with Gasteiger partial charge in [-0.2, -0.15) is 0 Å². The zero-order valence-electron chi connectivity index (χ0n) is 18.9. The number of hydrogen-bond donors (Lipinski definition) is 1. The lowest BCUT2D eigenvalue weighted by Gasteiger charge is -2.37. The van der Waals surface area contributed by atoms with E-state index >= 15 is 0 Å². The summed E-state index contributed by atoms with van der Waals surface area (Å²) >= 11 is 1.66. The molecular formula is C20H37N3O3SSi. The molecule has 1 amide bonds. The summed E-state index contributed by atoms with van der Waals surface area (Å²) in [4.78, 5) is 11.8. The summed E-state index contributed by atoms with van der Waals surface area (Å²) in [5.41, 5.74) is -0.459. The van der Waals surface area contributed by atoms with E-state index in [0.717, 1.165) is 29.3 Å². The lowest BCUT2D eigenvalue weighted by Crippen LogP contribution is -2.46. The van der Waals surface area contributed by atoms with Crippen LogP contribution in [-0.2, 0) is 15.6 Å². The van der Waals surface area contributed by atoms with Gasteiger partial charge in [-0.15, -0.1) is 10.2 Å². The summed E-state index contributed by atoms with van der Waals surface area (Å²) in [6.45, 7) is 19.0. The molecule has 28 heavy (non-hydrogen) atoms. The first-order chi connectivity index (χ1) is 12.7. The highest BCUT2D eigenvalue weighted by Gasteiger charge is 2.39. The Kier molecular flexibility index (Phi) is 6.98. The van der Waals surface area contributed by atoms with Gasteiger partial charge in [-0.05, 0) is 64.6 Å². The van der Waals surface area contributed by atoms with Crippen molar-refractivity contribution in [2.24, 2.45) is 5.92 Å². The normalized spacial score (nSPS) is 21.8. The average Bonchev–Trinajstić information content (AvgIpc) is 2.90. The van der Waals surface area contributed by atoms with E-state index in [0.29, 0.717) is 5.92 Å². The van der Waals surface area contributed by atoms with Gasteiger partial charge in [0.15, 0.2) is 8.32 Å². The third-order valence-corrected chi connectivity index (χ3v) is 11.2. The maximum atomic E-state index is 11.8. The second-order valence-corrected chi connectivity index (χ2v) is 16.3. The van der Waals surface area contributed by atoms with Crippen LogP contribution < -0.4 is 5.32 Å². The minimum Gasteiger partial charge on any atom is -0.444 e. The first-order valence-electron chi connectivity index (χ1n) is 10.2. The van der Waals surface area contributed by atoms with Crippen molar-refractivity contribution < 1.29 is 14.0 Å². The smallest absolute Gasteiger partial charge is 0.407 e. The Labute approximate surface area is 174 Å². The van der Waals surface area contributed by atoms with E-state index in [1.165, 1.54) is 0 Å². The fourth-order valence-corrected chi connectivity index (χ4v) is 5.30. The van der Waals surface area contributed by atoms with E-state index < -0.39 is 13.9 Å². The first-order valence-corrected chi connectivity index (χ1v) is 13.9.